The molecule has 0 radical (unpaired) electrons. The van der Waals surface area contributed by atoms with Crippen LogP contribution in [0.5, 0.6) is 5.75 Å². The number of carbonyl (C=O) groups excluding carboxylic acids is 1. The van der Waals surface area contributed by atoms with Gasteiger partial charge in [-0.2, -0.15) is 13.2 Å². The van der Waals surface area contributed by atoms with Gasteiger partial charge in [-0.15, -0.1) is 0 Å². The second-order valence-electron chi connectivity index (χ2n) is 6.50. The van der Waals surface area contributed by atoms with Gasteiger partial charge in [-0.3, -0.25) is 4.79 Å². The third kappa shape index (κ3) is 5.47. The molecule has 7 heteroatoms. The van der Waals surface area contributed by atoms with Crippen molar-refractivity contribution in [2.75, 3.05) is 6.54 Å². The monoisotopic (exact) mass is 378 g/mol. The Labute approximate surface area is 155 Å². The minimum Gasteiger partial charge on any atom is -0.489 e. The van der Waals surface area contributed by atoms with Crippen LogP contribution in [0.2, 0.25) is 0 Å². The second-order valence-corrected chi connectivity index (χ2v) is 6.50. The van der Waals surface area contributed by atoms with E-state index in [0.29, 0.717) is 17.9 Å². The molecule has 0 bridgehead atoms. The first kappa shape index (κ1) is 19.2. The lowest BCUT2D eigenvalue weighted by molar-refractivity contribution is -0.137. The maximum absolute atomic E-state index is 12.6. The van der Waals surface area contributed by atoms with Gasteiger partial charge < -0.3 is 15.4 Å². The molecular weight excluding hydrogens is 357 g/mol. The molecule has 0 aliphatic carbocycles. The summed E-state index contributed by atoms with van der Waals surface area (Å²) in [4.78, 5) is 12.0. The van der Waals surface area contributed by atoms with E-state index >= 15 is 0 Å². The largest absolute Gasteiger partial charge is 0.489 e. The van der Waals surface area contributed by atoms with E-state index in [9.17, 15) is 18.0 Å². The van der Waals surface area contributed by atoms with Crippen LogP contribution in [0.1, 0.15) is 29.5 Å². The molecule has 3 rings (SSSR count). The van der Waals surface area contributed by atoms with E-state index in [0.717, 1.165) is 37.1 Å². The molecule has 1 fully saturated rings. The minimum atomic E-state index is -4.34. The Hall–Kier alpha value is -2.54. The van der Waals surface area contributed by atoms with Crippen molar-refractivity contribution in [3.8, 4) is 5.75 Å². The van der Waals surface area contributed by atoms with Crippen molar-refractivity contribution in [2.24, 2.45) is 0 Å². The number of benzene rings is 2. The normalized spacial score (nSPS) is 16.9. The summed E-state index contributed by atoms with van der Waals surface area (Å²) >= 11 is 0. The fourth-order valence-corrected chi connectivity index (χ4v) is 2.92. The van der Waals surface area contributed by atoms with Crippen LogP contribution < -0.4 is 15.4 Å². The Balaban J connectivity index is 1.52. The molecule has 27 heavy (non-hydrogen) atoms. The highest BCUT2D eigenvalue weighted by atomic mass is 19.4. The Kier molecular flexibility index (Phi) is 6.01. The molecule has 1 aliphatic rings. The Morgan fingerprint density at radius 3 is 2.59 bits per heavy atom. The highest BCUT2D eigenvalue weighted by molar-refractivity contribution is 5.81. The van der Waals surface area contributed by atoms with Gasteiger partial charge in [-0.25, -0.2) is 0 Å². The molecular formula is C20H21F3N2O2. The molecule has 0 aromatic heterocycles. The van der Waals surface area contributed by atoms with Gasteiger partial charge in [0.05, 0.1) is 11.6 Å². The average Bonchev–Trinajstić information content (AvgIpc) is 3.19. The molecule has 2 aromatic carbocycles. The molecule has 144 valence electrons. The Morgan fingerprint density at radius 1 is 1.15 bits per heavy atom. The average molecular weight is 378 g/mol. The van der Waals surface area contributed by atoms with Crippen LogP contribution in [-0.2, 0) is 24.1 Å². The summed E-state index contributed by atoms with van der Waals surface area (Å²) in [6.45, 7) is 1.43. The van der Waals surface area contributed by atoms with E-state index in [1.54, 1.807) is 6.07 Å². The summed E-state index contributed by atoms with van der Waals surface area (Å²) < 4.78 is 43.4. The lowest BCUT2D eigenvalue weighted by atomic mass is 10.1. The summed E-state index contributed by atoms with van der Waals surface area (Å²) in [6.07, 6.45) is -2.49. The highest BCUT2D eigenvalue weighted by Gasteiger charge is 2.29. The van der Waals surface area contributed by atoms with E-state index in [1.807, 2.05) is 18.2 Å². The number of carbonyl (C=O) groups is 1. The number of ether oxygens (including phenoxy) is 1. The molecule has 1 amide bonds. The summed E-state index contributed by atoms with van der Waals surface area (Å²) in [6, 6.07) is 12.1. The number of nitrogens with one attached hydrogen (secondary N) is 2. The molecule has 1 saturated heterocycles. The second kappa shape index (κ2) is 8.43. The summed E-state index contributed by atoms with van der Waals surface area (Å²) in [5, 5.41) is 6.05. The Bertz CT molecular complexity index is 770. The lowest BCUT2D eigenvalue weighted by Gasteiger charge is -2.12. The maximum atomic E-state index is 12.6. The van der Waals surface area contributed by atoms with Crippen LogP contribution in [0.15, 0.2) is 48.5 Å². The number of halogens is 3. The van der Waals surface area contributed by atoms with Gasteiger partial charge >= 0.3 is 6.18 Å². The number of hydrogen-bond acceptors (Lipinski definition) is 3. The van der Waals surface area contributed by atoms with Crippen molar-refractivity contribution in [1.29, 1.82) is 0 Å². The van der Waals surface area contributed by atoms with E-state index < -0.39 is 11.7 Å². The molecule has 1 aliphatic heterocycles. The topological polar surface area (TPSA) is 50.4 Å². The number of rotatable bonds is 6. The van der Waals surface area contributed by atoms with Crippen LogP contribution in [0.4, 0.5) is 13.2 Å². The highest BCUT2D eigenvalue weighted by Crippen LogP contribution is 2.29. The van der Waals surface area contributed by atoms with Gasteiger partial charge in [-0.05, 0) is 54.8 Å². The van der Waals surface area contributed by atoms with E-state index in [-0.39, 0.29) is 18.6 Å². The quantitative estimate of drug-likeness (QED) is 0.807. The first-order chi connectivity index (χ1) is 12.9. The zero-order valence-corrected chi connectivity index (χ0v) is 14.7. The fraction of sp³-hybridized carbons (Fsp3) is 0.350. The lowest BCUT2D eigenvalue weighted by Crippen LogP contribution is -2.39. The van der Waals surface area contributed by atoms with Crippen molar-refractivity contribution in [2.45, 2.75) is 38.2 Å². The molecule has 0 saturated carbocycles. The first-order valence-corrected chi connectivity index (χ1v) is 8.81. The number of amides is 1. The minimum absolute atomic E-state index is 0.0106. The summed E-state index contributed by atoms with van der Waals surface area (Å²) in [7, 11) is 0. The van der Waals surface area contributed by atoms with Crippen LogP contribution >= 0.6 is 0 Å². The summed E-state index contributed by atoms with van der Waals surface area (Å²) in [5.41, 5.74) is 0.862. The Morgan fingerprint density at radius 2 is 1.93 bits per heavy atom. The molecule has 4 nitrogen and oxygen atoms in total. The standard InChI is InChI=1S/C20H21F3N2O2/c21-20(22,23)16-8-6-14(7-9-16)13-27-17-4-1-3-15(11-17)12-25-19(26)18-5-2-10-24-18/h1,3-4,6-9,11,18,24H,2,5,10,12-13H2,(H,25,26). The van der Waals surface area contributed by atoms with Crippen molar-refractivity contribution in [3.05, 3.63) is 65.2 Å². The third-order valence-corrected chi connectivity index (χ3v) is 4.43. The predicted octanol–water partition coefficient (Wildman–Crippen LogP) is 3.65. The van der Waals surface area contributed by atoms with E-state index in [2.05, 4.69) is 10.6 Å². The SMILES string of the molecule is O=C(NCc1cccc(OCc2ccc(C(F)(F)F)cc2)c1)C1CCCN1. The molecule has 2 aromatic rings. The smallest absolute Gasteiger partial charge is 0.416 e. The zero-order valence-electron chi connectivity index (χ0n) is 14.7. The van der Waals surface area contributed by atoms with Crippen LogP contribution in [0, 0.1) is 0 Å². The molecule has 2 N–H and O–H groups in total. The van der Waals surface area contributed by atoms with Crippen molar-refractivity contribution in [1.82, 2.24) is 10.6 Å². The van der Waals surface area contributed by atoms with Gasteiger partial charge in [0.25, 0.3) is 0 Å². The molecule has 1 heterocycles. The van der Waals surface area contributed by atoms with E-state index in [1.165, 1.54) is 12.1 Å². The van der Waals surface area contributed by atoms with Crippen LogP contribution in [0.3, 0.4) is 0 Å². The van der Waals surface area contributed by atoms with E-state index in [4.69, 9.17) is 4.74 Å². The fourth-order valence-electron chi connectivity index (χ4n) is 2.92. The van der Waals surface area contributed by atoms with Gasteiger partial charge in [-0.1, -0.05) is 24.3 Å². The predicted molar refractivity (Wildman–Crippen MR) is 95.1 cm³/mol. The number of alkyl halides is 3. The van der Waals surface area contributed by atoms with Gasteiger partial charge in [0.2, 0.25) is 5.91 Å². The number of hydrogen-bond donors (Lipinski definition) is 2. The maximum Gasteiger partial charge on any atom is 0.416 e. The third-order valence-electron chi connectivity index (χ3n) is 4.43. The summed E-state index contributed by atoms with van der Waals surface area (Å²) in [5.74, 6) is 0.587. The van der Waals surface area contributed by atoms with Crippen molar-refractivity contribution in [3.63, 3.8) is 0 Å². The molecule has 1 atom stereocenters. The van der Waals surface area contributed by atoms with Crippen molar-refractivity contribution < 1.29 is 22.7 Å². The van der Waals surface area contributed by atoms with Gasteiger partial charge in [0.15, 0.2) is 0 Å². The first-order valence-electron chi connectivity index (χ1n) is 8.81. The molecule has 1 unspecified atom stereocenters. The van der Waals surface area contributed by atoms with Gasteiger partial charge in [0.1, 0.15) is 12.4 Å². The molecule has 0 spiro atoms. The van der Waals surface area contributed by atoms with Gasteiger partial charge in [0, 0.05) is 6.54 Å². The zero-order chi connectivity index (χ0) is 19.3. The van der Waals surface area contributed by atoms with Crippen LogP contribution in [0.25, 0.3) is 0 Å². The van der Waals surface area contributed by atoms with Crippen molar-refractivity contribution >= 4 is 5.91 Å². The van der Waals surface area contributed by atoms with Crippen LogP contribution in [-0.4, -0.2) is 18.5 Å².